The predicted molar refractivity (Wildman–Crippen MR) is 72.2 cm³/mol. The number of ether oxygens (including phenoxy) is 2. The van der Waals surface area contributed by atoms with Crippen LogP contribution < -0.4 is 5.32 Å². The molecule has 0 saturated carbocycles. The first-order valence-corrected chi connectivity index (χ1v) is 6.21. The summed E-state index contributed by atoms with van der Waals surface area (Å²) in [4.78, 5) is 19.8. The third-order valence-corrected chi connectivity index (χ3v) is 2.07. The van der Waals surface area contributed by atoms with Crippen LogP contribution in [0.3, 0.4) is 0 Å². The summed E-state index contributed by atoms with van der Waals surface area (Å²) < 4.78 is 10.2. The first-order chi connectivity index (χ1) is 8.92. The molecule has 6 heteroatoms. The van der Waals surface area contributed by atoms with E-state index in [0.717, 1.165) is 13.0 Å². The molecule has 0 aliphatic carbocycles. The van der Waals surface area contributed by atoms with Crippen LogP contribution in [-0.2, 0) is 9.47 Å². The predicted octanol–water partition coefficient (Wildman–Crippen LogP) is 1.88. The van der Waals surface area contributed by atoms with Crippen molar-refractivity contribution in [3.63, 3.8) is 0 Å². The number of hydrogen-bond acceptors (Lipinski definition) is 6. The van der Waals surface area contributed by atoms with Crippen LogP contribution >= 0.6 is 0 Å². The molecule has 0 saturated heterocycles. The molecule has 6 nitrogen and oxygen atoms in total. The van der Waals surface area contributed by atoms with E-state index in [2.05, 4.69) is 15.3 Å². The molecule has 0 aliphatic heterocycles. The van der Waals surface area contributed by atoms with E-state index in [1.54, 1.807) is 33.9 Å². The summed E-state index contributed by atoms with van der Waals surface area (Å²) in [6.07, 6.45) is 2.40. The van der Waals surface area contributed by atoms with Gasteiger partial charge in [-0.3, -0.25) is 0 Å². The number of carbonyl (C=O) groups excluding carboxylic acids is 1. The Morgan fingerprint density at radius 1 is 1.42 bits per heavy atom. The number of aromatic nitrogens is 2. The number of rotatable bonds is 6. The zero-order valence-electron chi connectivity index (χ0n) is 11.9. The summed E-state index contributed by atoms with van der Waals surface area (Å²) in [5, 5.41) is 3.10. The van der Waals surface area contributed by atoms with Crippen LogP contribution in [0.2, 0.25) is 0 Å². The van der Waals surface area contributed by atoms with Crippen molar-refractivity contribution in [3.8, 4) is 0 Å². The molecule has 0 aliphatic rings. The van der Waals surface area contributed by atoms with Gasteiger partial charge in [0.1, 0.15) is 11.4 Å². The first-order valence-electron chi connectivity index (χ1n) is 6.21. The Morgan fingerprint density at radius 2 is 2.16 bits per heavy atom. The molecule has 1 heterocycles. The molecule has 0 radical (unpaired) electrons. The van der Waals surface area contributed by atoms with Crippen molar-refractivity contribution in [2.45, 2.75) is 32.8 Å². The van der Waals surface area contributed by atoms with Gasteiger partial charge >= 0.3 is 5.97 Å². The lowest BCUT2D eigenvalue weighted by Gasteiger charge is -2.18. The molecule has 106 valence electrons. The minimum Gasteiger partial charge on any atom is -0.454 e. The van der Waals surface area contributed by atoms with E-state index < -0.39 is 11.6 Å². The van der Waals surface area contributed by atoms with Gasteiger partial charge in [0.05, 0.1) is 0 Å². The third kappa shape index (κ3) is 6.15. The number of nitrogens with one attached hydrogen (secondary N) is 1. The largest absolute Gasteiger partial charge is 0.454 e. The van der Waals surface area contributed by atoms with Crippen molar-refractivity contribution >= 4 is 11.8 Å². The maximum absolute atomic E-state index is 11.8. The molecule has 0 spiro atoms. The molecule has 1 rings (SSSR count). The maximum Gasteiger partial charge on any atom is 0.376 e. The van der Waals surface area contributed by atoms with E-state index in [0.29, 0.717) is 12.4 Å². The van der Waals surface area contributed by atoms with Crippen molar-refractivity contribution in [2.75, 3.05) is 25.6 Å². The van der Waals surface area contributed by atoms with Crippen LogP contribution in [0.1, 0.15) is 37.8 Å². The minimum absolute atomic E-state index is 0.0617. The fourth-order valence-electron chi connectivity index (χ4n) is 1.31. The van der Waals surface area contributed by atoms with E-state index in [4.69, 9.17) is 9.47 Å². The van der Waals surface area contributed by atoms with Gasteiger partial charge in [0.25, 0.3) is 0 Å². The van der Waals surface area contributed by atoms with Crippen LogP contribution in [0.25, 0.3) is 0 Å². The van der Waals surface area contributed by atoms with Crippen molar-refractivity contribution in [2.24, 2.45) is 0 Å². The second kappa shape index (κ2) is 7.04. The number of hydrogen-bond donors (Lipinski definition) is 1. The quantitative estimate of drug-likeness (QED) is 0.626. The smallest absolute Gasteiger partial charge is 0.376 e. The monoisotopic (exact) mass is 267 g/mol. The molecule has 0 aromatic carbocycles. The van der Waals surface area contributed by atoms with Crippen LogP contribution in [0.4, 0.5) is 5.82 Å². The number of anilines is 1. The van der Waals surface area contributed by atoms with E-state index in [1.165, 1.54) is 6.20 Å². The Balaban J connectivity index is 2.58. The van der Waals surface area contributed by atoms with E-state index >= 15 is 0 Å². The van der Waals surface area contributed by atoms with Crippen molar-refractivity contribution in [1.82, 2.24) is 9.97 Å². The fourth-order valence-corrected chi connectivity index (χ4v) is 1.31. The summed E-state index contributed by atoms with van der Waals surface area (Å²) in [6.45, 7) is 6.81. The van der Waals surface area contributed by atoms with Crippen LogP contribution in [-0.4, -0.2) is 41.8 Å². The van der Waals surface area contributed by atoms with E-state index in [-0.39, 0.29) is 5.82 Å². The van der Waals surface area contributed by atoms with Gasteiger partial charge in [0, 0.05) is 26.5 Å². The van der Waals surface area contributed by atoms with Gasteiger partial charge in [-0.05, 0) is 33.3 Å². The summed E-state index contributed by atoms with van der Waals surface area (Å²) in [5.74, 6) is 0.145. The van der Waals surface area contributed by atoms with Gasteiger partial charge in [-0.25, -0.2) is 14.8 Å². The molecule has 0 fully saturated rings. The molecular weight excluding hydrogens is 246 g/mol. The molecule has 1 aromatic rings. The number of carbonyl (C=O) groups is 1. The summed E-state index contributed by atoms with van der Waals surface area (Å²) in [6, 6.07) is 1.71. The molecule has 0 bridgehead atoms. The maximum atomic E-state index is 11.8. The first kappa shape index (κ1) is 15.4. The highest BCUT2D eigenvalue weighted by atomic mass is 16.6. The second-order valence-electron chi connectivity index (χ2n) is 5.04. The Hall–Kier alpha value is -1.69. The zero-order chi connectivity index (χ0) is 14.3. The standard InChI is InChI=1S/C13H21N3O3/c1-13(2,3)19-12(17)11-15-8-6-10(16-11)14-7-5-9-18-4/h6,8H,5,7,9H2,1-4H3,(H,14,15,16). The van der Waals surface area contributed by atoms with Gasteiger partial charge < -0.3 is 14.8 Å². The number of esters is 1. The highest BCUT2D eigenvalue weighted by Gasteiger charge is 2.20. The SMILES string of the molecule is COCCCNc1ccnc(C(=O)OC(C)(C)C)n1. The average Bonchev–Trinajstić information content (AvgIpc) is 2.33. The van der Waals surface area contributed by atoms with Crippen molar-refractivity contribution < 1.29 is 14.3 Å². The molecule has 0 atom stereocenters. The lowest BCUT2D eigenvalue weighted by atomic mass is 10.2. The number of nitrogens with zero attached hydrogens (tertiary/aromatic N) is 2. The Bertz CT molecular complexity index is 416. The van der Waals surface area contributed by atoms with Crippen LogP contribution in [0.5, 0.6) is 0 Å². The zero-order valence-corrected chi connectivity index (χ0v) is 11.9. The highest BCUT2D eigenvalue weighted by molar-refractivity contribution is 5.85. The lowest BCUT2D eigenvalue weighted by Crippen LogP contribution is -2.25. The minimum atomic E-state index is -0.553. The molecule has 19 heavy (non-hydrogen) atoms. The van der Waals surface area contributed by atoms with Gasteiger partial charge in [-0.2, -0.15) is 0 Å². The Labute approximate surface area is 113 Å². The van der Waals surface area contributed by atoms with Crippen LogP contribution in [0, 0.1) is 0 Å². The topological polar surface area (TPSA) is 73.3 Å². The van der Waals surface area contributed by atoms with Gasteiger partial charge in [-0.15, -0.1) is 0 Å². The van der Waals surface area contributed by atoms with Crippen molar-refractivity contribution in [3.05, 3.63) is 18.1 Å². The summed E-state index contributed by atoms with van der Waals surface area (Å²) in [5.41, 5.74) is -0.553. The number of methoxy groups -OCH3 is 1. The summed E-state index contributed by atoms with van der Waals surface area (Å²) in [7, 11) is 1.66. The van der Waals surface area contributed by atoms with Crippen LogP contribution in [0.15, 0.2) is 12.3 Å². The summed E-state index contributed by atoms with van der Waals surface area (Å²) >= 11 is 0. The normalized spacial score (nSPS) is 11.2. The molecule has 0 unspecified atom stereocenters. The second-order valence-corrected chi connectivity index (χ2v) is 5.04. The molecule has 0 amide bonds. The van der Waals surface area contributed by atoms with Crippen molar-refractivity contribution in [1.29, 1.82) is 0 Å². The third-order valence-electron chi connectivity index (χ3n) is 2.07. The molecular formula is C13H21N3O3. The van der Waals surface area contributed by atoms with E-state index in [1.807, 2.05) is 0 Å². The van der Waals surface area contributed by atoms with Gasteiger partial charge in [0.15, 0.2) is 0 Å². The average molecular weight is 267 g/mol. The molecule has 1 N–H and O–H groups in total. The Kier molecular flexibility index (Phi) is 5.69. The van der Waals surface area contributed by atoms with Gasteiger partial charge in [-0.1, -0.05) is 0 Å². The molecule has 1 aromatic heterocycles. The van der Waals surface area contributed by atoms with Gasteiger partial charge in [0.2, 0.25) is 5.82 Å². The lowest BCUT2D eigenvalue weighted by molar-refractivity contribution is 0.00557. The van der Waals surface area contributed by atoms with E-state index in [9.17, 15) is 4.79 Å². The Morgan fingerprint density at radius 3 is 2.79 bits per heavy atom. The highest BCUT2D eigenvalue weighted by Crippen LogP contribution is 2.10. The fraction of sp³-hybridized carbons (Fsp3) is 0.615.